The summed E-state index contributed by atoms with van der Waals surface area (Å²) in [7, 11) is -0.0933. The van der Waals surface area contributed by atoms with Gasteiger partial charge in [-0.3, -0.25) is 4.79 Å². The quantitative estimate of drug-likeness (QED) is 0.314. The minimum absolute atomic E-state index is 0.00740. The van der Waals surface area contributed by atoms with Crippen molar-refractivity contribution in [1.29, 1.82) is 0 Å². The molecule has 7 heteroatoms. The summed E-state index contributed by atoms with van der Waals surface area (Å²) < 4.78 is 10.4. The fourth-order valence-corrected chi connectivity index (χ4v) is 11.1. The first-order chi connectivity index (χ1) is 15.5. The van der Waals surface area contributed by atoms with E-state index < -0.39 is 8.32 Å². The number of nitrogen functional groups attached to an aromatic ring is 1. The van der Waals surface area contributed by atoms with Gasteiger partial charge in [-0.15, -0.1) is 0 Å². The summed E-state index contributed by atoms with van der Waals surface area (Å²) in [5, 5.41) is 0. The molecule has 2 heterocycles. The number of pyridine rings is 1. The maximum atomic E-state index is 12.7. The molecule has 2 aromatic heterocycles. The van der Waals surface area contributed by atoms with Crippen molar-refractivity contribution in [3.63, 3.8) is 0 Å². The maximum Gasteiger partial charge on any atom is 0.258 e. The Morgan fingerprint density at radius 2 is 1.70 bits per heavy atom. The fourth-order valence-electron chi connectivity index (χ4n) is 5.58. The normalized spacial score (nSPS) is 12.6. The van der Waals surface area contributed by atoms with Crippen molar-refractivity contribution in [1.82, 2.24) is 14.1 Å². The smallest absolute Gasteiger partial charge is 0.258 e. The number of nitrogens with zero attached hydrogens (tertiary/aromatic N) is 3. The van der Waals surface area contributed by atoms with E-state index in [4.69, 9.17) is 10.2 Å². The average molecular weight is 469 g/mol. The van der Waals surface area contributed by atoms with Crippen molar-refractivity contribution in [3.8, 4) is 11.1 Å². The predicted octanol–water partition coefficient (Wildman–Crippen LogP) is 5.87. The molecule has 0 aliphatic rings. The van der Waals surface area contributed by atoms with Gasteiger partial charge in [-0.25, -0.2) is 4.98 Å². The Bertz CT molecular complexity index is 1160. The molecule has 0 aliphatic heterocycles. The number of hydrogen-bond donors (Lipinski definition) is 1. The molecule has 0 bridgehead atoms. The van der Waals surface area contributed by atoms with E-state index in [0.717, 1.165) is 41.7 Å². The molecular formula is C26H40N4O2Si. The highest BCUT2D eigenvalue weighted by molar-refractivity contribution is 6.77. The molecule has 0 saturated heterocycles. The van der Waals surface area contributed by atoms with Gasteiger partial charge in [0.1, 0.15) is 0 Å². The van der Waals surface area contributed by atoms with E-state index in [1.807, 2.05) is 31.2 Å². The van der Waals surface area contributed by atoms with Gasteiger partial charge in [-0.2, -0.15) is 0 Å². The van der Waals surface area contributed by atoms with Gasteiger partial charge in [-0.05, 0) is 59.3 Å². The topological polar surface area (TPSA) is 75.1 Å². The third-order valence-electron chi connectivity index (χ3n) is 7.13. The average Bonchev–Trinajstić information content (AvgIpc) is 3.04. The van der Waals surface area contributed by atoms with Crippen LogP contribution in [-0.2, 0) is 18.0 Å². The Morgan fingerprint density at radius 3 is 2.30 bits per heavy atom. The molecule has 6 nitrogen and oxygen atoms in total. The summed E-state index contributed by atoms with van der Waals surface area (Å²) in [5.74, 6) is 0.500. The largest absolute Gasteiger partial charge is 0.416 e. The Balaban J connectivity index is 1.81. The van der Waals surface area contributed by atoms with Crippen LogP contribution in [0.1, 0.15) is 53.5 Å². The second-order valence-corrected chi connectivity index (χ2v) is 15.6. The standard InChI is InChI=1S/C26H40N4O2Si/c1-17(2)33(18(3)4,19(5)6)32-15-9-13-30-23-11-10-21(16-22(23)28-26(30)27)24-20(7)12-14-29(8)25(24)31/h10-12,14,16-19H,9,13,15H2,1-8H3,(H2,27,28). The van der Waals surface area contributed by atoms with Crippen molar-refractivity contribution in [3.05, 3.63) is 46.4 Å². The summed E-state index contributed by atoms with van der Waals surface area (Å²) >= 11 is 0. The highest BCUT2D eigenvalue weighted by Gasteiger charge is 2.44. The van der Waals surface area contributed by atoms with Crippen molar-refractivity contribution < 1.29 is 4.43 Å². The summed E-state index contributed by atoms with van der Waals surface area (Å²) in [4.78, 5) is 17.3. The number of aryl methyl sites for hydroxylation is 3. The molecule has 2 N–H and O–H groups in total. The lowest BCUT2D eigenvalue weighted by atomic mass is 10.0. The number of benzene rings is 1. The lowest BCUT2D eigenvalue weighted by Crippen LogP contribution is -2.48. The van der Waals surface area contributed by atoms with Crippen LogP contribution >= 0.6 is 0 Å². The van der Waals surface area contributed by atoms with Gasteiger partial charge in [0.05, 0.1) is 16.6 Å². The van der Waals surface area contributed by atoms with Gasteiger partial charge in [-0.1, -0.05) is 47.6 Å². The first-order valence-corrected chi connectivity index (χ1v) is 14.2. The van der Waals surface area contributed by atoms with Crippen LogP contribution in [0.4, 0.5) is 5.95 Å². The van der Waals surface area contributed by atoms with Crippen molar-refractivity contribution in [2.24, 2.45) is 7.05 Å². The number of imidazole rings is 1. The SMILES string of the molecule is Cc1ccn(C)c(=O)c1-c1ccc2c(c1)nc(N)n2CCCO[Si](C(C)C)(C(C)C)C(C)C. The number of hydrogen-bond acceptors (Lipinski definition) is 4. The summed E-state index contributed by atoms with van der Waals surface area (Å²) in [6.07, 6.45) is 2.68. The first-order valence-electron chi connectivity index (χ1n) is 12.1. The molecule has 0 amide bonds. The highest BCUT2D eigenvalue weighted by Crippen LogP contribution is 2.42. The van der Waals surface area contributed by atoms with E-state index in [1.165, 1.54) is 0 Å². The van der Waals surface area contributed by atoms with E-state index in [1.54, 1.807) is 17.8 Å². The van der Waals surface area contributed by atoms with Crippen molar-refractivity contribution in [2.75, 3.05) is 12.3 Å². The number of nitrogens with two attached hydrogens (primary N) is 1. The highest BCUT2D eigenvalue weighted by atomic mass is 28.4. The molecule has 0 unspecified atom stereocenters. The third kappa shape index (κ3) is 4.66. The van der Waals surface area contributed by atoms with E-state index >= 15 is 0 Å². The van der Waals surface area contributed by atoms with Gasteiger partial charge < -0.3 is 19.3 Å². The molecule has 0 radical (unpaired) electrons. The number of rotatable bonds is 9. The maximum absolute atomic E-state index is 12.7. The number of fused-ring (bicyclic) bond motifs is 1. The van der Waals surface area contributed by atoms with Gasteiger partial charge in [0.2, 0.25) is 5.95 Å². The molecule has 3 aromatic rings. The Morgan fingerprint density at radius 1 is 1.06 bits per heavy atom. The van der Waals surface area contributed by atoms with Gasteiger partial charge >= 0.3 is 0 Å². The van der Waals surface area contributed by atoms with Crippen LogP contribution < -0.4 is 11.3 Å². The summed E-state index contributed by atoms with van der Waals surface area (Å²) in [6.45, 7) is 17.3. The Labute approximate surface area is 198 Å². The molecule has 0 atom stereocenters. The number of aromatic nitrogens is 3. The molecule has 0 spiro atoms. The van der Waals surface area contributed by atoms with Crippen LogP contribution in [0.3, 0.4) is 0 Å². The first kappa shape index (κ1) is 25.2. The molecule has 1 aromatic carbocycles. The predicted molar refractivity (Wildman–Crippen MR) is 141 cm³/mol. The van der Waals surface area contributed by atoms with Gasteiger partial charge in [0.25, 0.3) is 5.56 Å². The minimum atomic E-state index is -1.87. The van der Waals surface area contributed by atoms with Gasteiger partial charge in [0.15, 0.2) is 8.32 Å². The second-order valence-electron chi connectivity index (χ2n) is 10.1. The molecule has 0 saturated carbocycles. The monoisotopic (exact) mass is 468 g/mol. The fraction of sp³-hybridized carbons (Fsp3) is 0.538. The summed E-state index contributed by atoms with van der Waals surface area (Å²) in [6, 6.07) is 7.95. The molecular weight excluding hydrogens is 428 g/mol. The lowest BCUT2D eigenvalue weighted by Gasteiger charge is -2.42. The zero-order valence-corrected chi connectivity index (χ0v) is 22.5. The van der Waals surface area contributed by atoms with Crippen molar-refractivity contribution >= 4 is 25.3 Å². The molecule has 180 valence electrons. The second kappa shape index (κ2) is 9.85. The van der Waals surface area contributed by atoms with Crippen LogP contribution in [0.5, 0.6) is 0 Å². The summed E-state index contributed by atoms with van der Waals surface area (Å²) in [5.41, 5.74) is 12.3. The van der Waals surface area contributed by atoms with Crippen molar-refractivity contribution in [2.45, 2.75) is 78.1 Å². The van der Waals surface area contributed by atoms with E-state index in [0.29, 0.717) is 28.1 Å². The molecule has 0 aliphatic carbocycles. The molecule has 33 heavy (non-hydrogen) atoms. The molecule has 0 fully saturated rings. The Kier molecular flexibility index (Phi) is 7.54. The van der Waals surface area contributed by atoms with Crippen LogP contribution in [0.25, 0.3) is 22.2 Å². The number of anilines is 1. The zero-order chi connectivity index (χ0) is 24.5. The van der Waals surface area contributed by atoms with E-state index in [9.17, 15) is 4.79 Å². The Hall–Kier alpha value is -2.38. The lowest BCUT2D eigenvalue weighted by molar-refractivity contribution is 0.266. The van der Waals surface area contributed by atoms with Crippen LogP contribution in [0, 0.1) is 6.92 Å². The van der Waals surface area contributed by atoms with E-state index in [-0.39, 0.29) is 5.56 Å². The van der Waals surface area contributed by atoms with Crippen LogP contribution in [0.15, 0.2) is 35.3 Å². The van der Waals surface area contributed by atoms with E-state index in [2.05, 4.69) is 51.1 Å². The molecule has 3 rings (SSSR count). The third-order valence-corrected chi connectivity index (χ3v) is 13.2. The zero-order valence-electron chi connectivity index (χ0n) is 21.5. The van der Waals surface area contributed by atoms with Crippen LogP contribution in [-0.4, -0.2) is 29.0 Å². The van der Waals surface area contributed by atoms with Crippen LogP contribution in [0.2, 0.25) is 16.6 Å². The van der Waals surface area contributed by atoms with Gasteiger partial charge in [0, 0.05) is 26.4 Å². The minimum Gasteiger partial charge on any atom is -0.416 e.